The predicted molar refractivity (Wildman–Crippen MR) is 195 cm³/mol. The van der Waals surface area contributed by atoms with Crippen molar-refractivity contribution in [3.63, 3.8) is 0 Å². The average molecular weight is 701 g/mol. The summed E-state index contributed by atoms with van der Waals surface area (Å²) in [5.74, 6) is -1.46. The third-order valence-electron chi connectivity index (χ3n) is 11.0. The van der Waals surface area contributed by atoms with Gasteiger partial charge < -0.3 is 24.5 Å². The number of amides is 3. The summed E-state index contributed by atoms with van der Waals surface area (Å²) in [4.78, 5) is 50.1. The van der Waals surface area contributed by atoms with E-state index >= 15 is 9.59 Å². The molecule has 1 spiro atoms. The lowest BCUT2D eigenvalue weighted by atomic mass is 9.65. The number of benzene rings is 2. The van der Waals surface area contributed by atoms with Gasteiger partial charge in [0.15, 0.2) is 0 Å². The summed E-state index contributed by atoms with van der Waals surface area (Å²) >= 11 is 1.63. The van der Waals surface area contributed by atoms with Gasteiger partial charge in [-0.2, -0.15) is 0 Å². The molecule has 3 unspecified atom stereocenters. The van der Waals surface area contributed by atoms with Crippen molar-refractivity contribution in [2.75, 3.05) is 31.2 Å². The Kier molecular flexibility index (Phi) is 10.4. The molecule has 0 radical (unpaired) electrons. The highest BCUT2D eigenvalue weighted by atomic mass is 32.2. The minimum absolute atomic E-state index is 0.0400. The van der Waals surface area contributed by atoms with Crippen LogP contribution in [-0.4, -0.2) is 96.0 Å². The highest BCUT2D eigenvalue weighted by Crippen LogP contribution is 2.69. The van der Waals surface area contributed by atoms with Crippen LogP contribution in [0.2, 0.25) is 0 Å². The molecule has 3 aliphatic rings. The number of rotatable bonds is 15. The zero-order valence-corrected chi connectivity index (χ0v) is 30.2. The number of aliphatic hydroxyl groups is 1. The van der Waals surface area contributed by atoms with Crippen LogP contribution in [0.25, 0.3) is 11.0 Å². The molecular formula is C38H48N6O5S. The Hall–Kier alpha value is -4.16. The Labute approximate surface area is 298 Å². The average Bonchev–Trinajstić information content (AvgIpc) is 3.85. The van der Waals surface area contributed by atoms with Crippen LogP contribution in [0.4, 0.5) is 5.69 Å². The Morgan fingerprint density at radius 2 is 1.84 bits per heavy atom. The van der Waals surface area contributed by atoms with Crippen LogP contribution < -0.4 is 9.64 Å². The Balaban J connectivity index is 1.42. The van der Waals surface area contributed by atoms with Crippen molar-refractivity contribution in [2.45, 2.75) is 69.3 Å². The first-order valence-electron chi connectivity index (χ1n) is 17.6. The lowest BCUT2D eigenvalue weighted by molar-refractivity contribution is -0.147. The number of hydrogen-bond acceptors (Lipinski definition) is 8. The molecule has 3 fully saturated rings. The van der Waals surface area contributed by atoms with E-state index in [2.05, 4.69) is 30.4 Å². The first-order chi connectivity index (χ1) is 24.2. The first kappa shape index (κ1) is 35.7. The van der Waals surface area contributed by atoms with E-state index in [-0.39, 0.29) is 61.2 Å². The molecular weight excluding hydrogens is 653 g/mol. The van der Waals surface area contributed by atoms with E-state index in [0.29, 0.717) is 36.4 Å². The van der Waals surface area contributed by atoms with Gasteiger partial charge in [0.2, 0.25) is 17.7 Å². The van der Waals surface area contributed by atoms with E-state index in [1.165, 1.54) is 0 Å². The minimum Gasteiger partial charge on any atom is -0.494 e. The lowest BCUT2D eigenvalue weighted by Crippen LogP contribution is -2.60. The fourth-order valence-electron chi connectivity index (χ4n) is 8.44. The largest absolute Gasteiger partial charge is 0.494 e. The molecule has 1 aromatic heterocycles. The highest BCUT2D eigenvalue weighted by molar-refractivity contribution is 8.02. The summed E-state index contributed by atoms with van der Waals surface area (Å²) in [5, 5.41) is 19.3. The molecule has 266 valence electrons. The van der Waals surface area contributed by atoms with Crippen molar-refractivity contribution >= 4 is 46.2 Å². The number of nitrogens with zero attached hydrogens (tertiary/aromatic N) is 6. The molecule has 3 aliphatic heterocycles. The fourth-order valence-corrected chi connectivity index (χ4v) is 10.8. The van der Waals surface area contributed by atoms with Crippen LogP contribution in [0.3, 0.4) is 0 Å². The van der Waals surface area contributed by atoms with Gasteiger partial charge in [0.25, 0.3) is 0 Å². The van der Waals surface area contributed by atoms with Gasteiger partial charge in [-0.05, 0) is 61.6 Å². The van der Waals surface area contributed by atoms with E-state index < -0.39 is 28.7 Å². The molecule has 4 heterocycles. The SMILES string of the molecule is C=CCN(Cn1nnc2ccccc21)C(=O)C1N([C@@H](CO)[C@@H](C)CC)C(=O)[C@@H]2[C@H](C(=O)N(CC=C)c3ccc(OCC)cc3)[C@@H]3CC(C)C12S3. The van der Waals surface area contributed by atoms with Crippen LogP contribution >= 0.6 is 11.8 Å². The van der Waals surface area contributed by atoms with Crippen LogP contribution in [0.15, 0.2) is 73.8 Å². The number of thioether (sulfide) groups is 1. The standard InChI is InChI=1S/C38H48N6O5S/c1-7-19-41(23-43-29-14-12-11-13-28(29)39-40-43)37(48)34-38-25(6)21-31(50-38)32(33(38)36(47)44(34)30(22-45)24(5)9-3)35(46)42(20-8-2)26-15-17-27(18-16-26)49-10-4/h7-8,11-18,24-25,30-34,45H,1-2,9-10,19-23H2,3-6H3/t24-,25?,30-,31-,32+,33-,34?,38?/m0/s1. The van der Waals surface area contributed by atoms with E-state index in [0.717, 1.165) is 5.52 Å². The van der Waals surface area contributed by atoms with Crippen LogP contribution in [0, 0.1) is 23.7 Å². The molecule has 3 aromatic rings. The number of carbonyl (C=O) groups excluding carboxylic acids is 3. The number of carbonyl (C=O) groups is 3. The number of para-hydroxylation sites is 1. The van der Waals surface area contributed by atoms with Crippen molar-refractivity contribution in [1.29, 1.82) is 0 Å². The van der Waals surface area contributed by atoms with Crippen molar-refractivity contribution in [3.05, 3.63) is 73.8 Å². The smallest absolute Gasteiger partial charge is 0.248 e. The second-order valence-electron chi connectivity index (χ2n) is 13.7. The van der Waals surface area contributed by atoms with Crippen molar-refractivity contribution in [1.82, 2.24) is 24.8 Å². The van der Waals surface area contributed by atoms with Gasteiger partial charge in [-0.3, -0.25) is 14.4 Å². The summed E-state index contributed by atoms with van der Waals surface area (Å²) in [5.41, 5.74) is 2.18. The second-order valence-corrected chi connectivity index (χ2v) is 15.2. The summed E-state index contributed by atoms with van der Waals surface area (Å²) in [7, 11) is 0. The lowest BCUT2D eigenvalue weighted by Gasteiger charge is -2.43. The summed E-state index contributed by atoms with van der Waals surface area (Å²) in [6.45, 7) is 16.7. The topological polar surface area (TPSA) is 121 Å². The summed E-state index contributed by atoms with van der Waals surface area (Å²) < 4.78 is 6.44. The minimum atomic E-state index is -0.901. The quantitative estimate of drug-likeness (QED) is 0.225. The van der Waals surface area contributed by atoms with E-state index in [9.17, 15) is 9.90 Å². The predicted octanol–water partition coefficient (Wildman–Crippen LogP) is 4.77. The molecule has 3 saturated heterocycles. The molecule has 50 heavy (non-hydrogen) atoms. The molecule has 1 N–H and O–H groups in total. The Bertz CT molecular complexity index is 1750. The van der Waals surface area contributed by atoms with Gasteiger partial charge in [0.1, 0.15) is 24.0 Å². The molecule has 0 saturated carbocycles. The summed E-state index contributed by atoms with van der Waals surface area (Å²) in [6.07, 6.45) is 4.75. The van der Waals surface area contributed by atoms with Gasteiger partial charge in [-0.1, -0.05) is 56.7 Å². The maximum absolute atomic E-state index is 15.2. The van der Waals surface area contributed by atoms with E-state index in [4.69, 9.17) is 4.74 Å². The third-order valence-corrected chi connectivity index (χ3v) is 13.0. The molecule has 2 bridgehead atoms. The zero-order valence-electron chi connectivity index (χ0n) is 29.4. The summed E-state index contributed by atoms with van der Waals surface area (Å²) in [6, 6.07) is 13.4. The first-order valence-corrected chi connectivity index (χ1v) is 18.5. The maximum Gasteiger partial charge on any atom is 0.248 e. The van der Waals surface area contributed by atoms with Gasteiger partial charge in [-0.15, -0.1) is 30.0 Å². The number of fused-ring (bicyclic) bond motifs is 2. The third kappa shape index (κ3) is 5.79. The normalized spacial score (nSPS) is 26.5. The molecule has 8 atom stereocenters. The number of anilines is 1. The Morgan fingerprint density at radius 3 is 2.50 bits per heavy atom. The molecule has 12 heteroatoms. The molecule has 2 aromatic carbocycles. The molecule has 3 amide bonds. The highest BCUT2D eigenvalue weighted by Gasteiger charge is 2.77. The fraction of sp³-hybridized carbons (Fsp3) is 0.500. The van der Waals surface area contributed by atoms with Crippen molar-refractivity contribution in [3.8, 4) is 5.75 Å². The van der Waals surface area contributed by atoms with Gasteiger partial charge in [-0.25, -0.2) is 4.68 Å². The number of aromatic nitrogens is 3. The number of likely N-dealkylation sites (tertiary alicyclic amines) is 1. The van der Waals surface area contributed by atoms with Gasteiger partial charge >= 0.3 is 0 Å². The molecule has 0 aliphatic carbocycles. The van der Waals surface area contributed by atoms with Crippen LogP contribution in [-0.2, 0) is 21.1 Å². The van der Waals surface area contributed by atoms with Crippen LogP contribution in [0.5, 0.6) is 5.75 Å². The molecule has 11 nitrogen and oxygen atoms in total. The number of hydrogen-bond donors (Lipinski definition) is 1. The Morgan fingerprint density at radius 1 is 1.12 bits per heavy atom. The number of aliphatic hydroxyl groups excluding tert-OH is 1. The van der Waals surface area contributed by atoms with E-state index in [1.54, 1.807) is 43.3 Å². The van der Waals surface area contributed by atoms with Crippen LogP contribution in [0.1, 0.15) is 40.5 Å². The zero-order chi connectivity index (χ0) is 35.7. The maximum atomic E-state index is 15.2. The number of ether oxygens (including phenoxy) is 1. The monoisotopic (exact) mass is 700 g/mol. The second kappa shape index (κ2) is 14.6. The van der Waals surface area contributed by atoms with Crippen molar-refractivity contribution in [2.24, 2.45) is 23.7 Å². The van der Waals surface area contributed by atoms with E-state index in [1.807, 2.05) is 69.3 Å². The van der Waals surface area contributed by atoms with Crippen molar-refractivity contribution < 1.29 is 24.2 Å². The van der Waals surface area contributed by atoms with Gasteiger partial charge in [0.05, 0.1) is 41.4 Å². The molecule has 6 rings (SSSR count). The van der Waals surface area contributed by atoms with Gasteiger partial charge in [0, 0.05) is 24.0 Å².